The quantitative estimate of drug-likeness (QED) is 0.650. The van der Waals surface area contributed by atoms with Gasteiger partial charge in [0.1, 0.15) is 0 Å². The summed E-state index contributed by atoms with van der Waals surface area (Å²) in [5, 5.41) is 7.07. The van der Waals surface area contributed by atoms with Crippen LogP contribution in [0.4, 0.5) is 5.69 Å². The SMILES string of the molecule is CN=C(NC1CCC1)NC1CCN(c2ccc(Br)cc2)C1. The van der Waals surface area contributed by atoms with Crippen molar-refractivity contribution in [1.29, 1.82) is 0 Å². The maximum absolute atomic E-state index is 4.35. The predicted octanol–water partition coefficient (Wildman–Crippen LogP) is 2.75. The fourth-order valence-electron chi connectivity index (χ4n) is 2.87. The van der Waals surface area contributed by atoms with E-state index in [2.05, 4.69) is 60.7 Å². The fourth-order valence-corrected chi connectivity index (χ4v) is 3.14. The van der Waals surface area contributed by atoms with E-state index in [9.17, 15) is 0 Å². The van der Waals surface area contributed by atoms with Crippen LogP contribution in [0, 0.1) is 0 Å². The Morgan fingerprint density at radius 2 is 1.86 bits per heavy atom. The van der Waals surface area contributed by atoms with Crippen LogP contribution in [0.3, 0.4) is 0 Å². The summed E-state index contributed by atoms with van der Waals surface area (Å²) in [5.74, 6) is 0.961. The van der Waals surface area contributed by atoms with Gasteiger partial charge in [0.05, 0.1) is 0 Å². The highest BCUT2D eigenvalue weighted by molar-refractivity contribution is 9.10. The number of anilines is 1. The number of hydrogen-bond donors (Lipinski definition) is 2. The molecule has 2 aliphatic rings. The minimum Gasteiger partial charge on any atom is -0.369 e. The van der Waals surface area contributed by atoms with Crippen LogP contribution in [0.5, 0.6) is 0 Å². The summed E-state index contributed by atoms with van der Waals surface area (Å²) >= 11 is 3.49. The molecule has 1 unspecified atom stereocenters. The third kappa shape index (κ3) is 3.70. The average Bonchev–Trinajstić information content (AvgIpc) is 2.90. The van der Waals surface area contributed by atoms with Crippen molar-refractivity contribution in [1.82, 2.24) is 10.6 Å². The summed E-state index contributed by atoms with van der Waals surface area (Å²) in [6, 6.07) is 9.65. The van der Waals surface area contributed by atoms with Gasteiger partial charge >= 0.3 is 0 Å². The summed E-state index contributed by atoms with van der Waals surface area (Å²) in [6.07, 6.45) is 5.05. The summed E-state index contributed by atoms with van der Waals surface area (Å²) in [4.78, 5) is 6.78. The Morgan fingerprint density at radius 3 is 2.48 bits per heavy atom. The fraction of sp³-hybridized carbons (Fsp3) is 0.562. The second kappa shape index (κ2) is 6.69. The lowest BCUT2D eigenvalue weighted by atomic mass is 9.93. The standard InChI is InChI=1S/C16H23BrN4/c1-18-16(19-13-3-2-4-13)20-14-9-10-21(11-14)15-7-5-12(17)6-8-15/h5-8,13-14H,2-4,9-11H2,1H3,(H2,18,19,20). The molecule has 1 aromatic rings. The van der Waals surface area contributed by atoms with Crippen LogP contribution in [0.2, 0.25) is 0 Å². The lowest BCUT2D eigenvalue weighted by Gasteiger charge is -2.29. The van der Waals surface area contributed by atoms with Crippen molar-refractivity contribution < 1.29 is 0 Å². The van der Waals surface area contributed by atoms with E-state index in [1.54, 1.807) is 0 Å². The number of guanidine groups is 1. The van der Waals surface area contributed by atoms with Gasteiger partial charge in [-0.15, -0.1) is 0 Å². The predicted molar refractivity (Wildman–Crippen MR) is 92.0 cm³/mol. The molecule has 2 fully saturated rings. The van der Waals surface area contributed by atoms with Crippen molar-refractivity contribution >= 4 is 27.6 Å². The van der Waals surface area contributed by atoms with Crippen LogP contribution < -0.4 is 15.5 Å². The van der Waals surface area contributed by atoms with Crippen LogP contribution in [-0.2, 0) is 0 Å². The molecule has 114 valence electrons. The summed E-state index contributed by atoms with van der Waals surface area (Å²) < 4.78 is 1.13. The number of aliphatic imine (C=N–C) groups is 1. The molecule has 1 heterocycles. The first-order valence-corrected chi connectivity index (χ1v) is 8.54. The first-order chi connectivity index (χ1) is 10.2. The number of halogens is 1. The highest BCUT2D eigenvalue weighted by atomic mass is 79.9. The lowest BCUT2D eigenvalue weighted by molar-refractivity contribution is 0.378. The molecule has 5 heteroatoms. The monoisotopic (exact) mass is 350 g/mol. The molecular formula is C16H23BrN4. The number of benzene rings is 1. The van der Waals surface area contributed by atoms with E-state index in [0.29, 0.717) is 12.1 Å². The summed E-state index contributed by atoms with van der Waals surface area (Å²) in [6.45, 7) is 2.13. The molecule has 3 rings (SSSR count). The number of rotatable bonds is 3. The van der Waals surface area contributed by atoms with Crippen LogP contribution in [0.1, 0.15) is 25.7 Å². The second-order valence-electron chi connectivity index (χ2n) is 5.90. The van der Waals surface area contributed by atoms with E-state index in [4.69, 9.17) is 0 Å². The Morgan fingerprint density at radius 1 is 1.14 bits per heavy atom. The molecule has 0 spiro atoms. The Labute approximate surface area is 135 Å². The normalized spacial score (nSPS) is 23.0. The molecule has 21 heavy (non-hydrogen) atoms. The zero-order chi connectivity index (χ0) is 14.7. The van der Waals surface area contributed by atoms with Gasteiger partial charge in [0.25, 0.3) is 0 Å². The molecule has 1 atom stereocenters. The van der Waals surface area contributed by atoms with Gasteiger partial charge in [-0.3, -0.25) is 4.99 Å². The first-order valence-electron chi connectivity index (χ1n) is 7.75. The summed E-state index contributed by atoms with van der Waals surface area (Å²) in [7, 11) is 1.86. The molecular weight excluding hydrogens is 328 g/mol. The van der Waals surface area contributed by atoms with Crippen LogP contribution in [-0.4, -0.2) is 38.2 Å². The lowest BCUT2D eigenvalue weighted by Crippen LogP contribution is -2.50. The molecule has 1 aliphatic heterocycles. The molecule has 0 bridgehead atoms. The Hall–Kier alpha value is -1.23. The minimum absolute atomic E-state index is 0.472. The molecule has 0 radical (unpaired) electrons. The molecule has 1 aromatic carbocycles. The molecule has 4 nitrogen and oxygen atoms in total. The van der Waals surface area contributed by atoms with Crippen molar-refractivity contribution in [3.63, 3.8) is 0 Å². The second-order valence-corrected chi connectivity index (χ2v) is 6.81. The average molecular weight is 351 g/mol. The van der Waals surface area contributed by atoms with E-state index in [0.717, 1.165) is 29.9 Å². The smallest absolute Gasteiger partial charge is 0.191 e. The Bertz CT molecular complexity index is 496. The van der Waals surface area contributed by atoms with Crippen molar-refractivity contribution in [3.05, 3.63) is 28.7 Å². The van der Waals surface area contributed by atoms with E-state index in [1.165, 1.54) is 24.9 Å². The molecule has 1 aliphatic carbocycles. The summed E-state index contributed by atoms with van der Waals surface area (Å²) in [5.41, 5.74) is 1.30. The van der Waals surface area contributed by atoms with Gasteiger partial charge in [0.2, 0.25) is 0 Å². The zero-order valence-corrected chi connectivity index (χ0v) is 14.1. The van der Waals surface area contributed by atoms with Gasteiger partial charge in [-0.1, -0.05) is 15.9 Å². The molecule has 1 saturated heterocycles. The van der Waals surface area contributed by atoms with Crippen molar-refractivity contribution in [2.24, 2.45) is 4.99 Å². The van der Waals surface area contributed by atoms with Crippen LogP contribution in [0.25, 0.3) is 0 Å². The Kier molecular flexibility index (Phi) is 4.68. The van der Waals surface area contributed by atoms with E-state index in [1.807, 2.05) is 7.05 Å². The molecule has 1 saturated carbocycles. The maximum atomic E-state index is 4.35. The largest absolute Gasteiger partial charge is 0.369 e. The molecule has 2 N–H and O–H groups in total. The van der Waals surface area contributed by atoms with Crippen molar-refractivity contribution in [2.45, 2.75) is 37.8 Å². The zero-order valence-electron chi connectivity index (χ0n) is 12.5. The maximum Gasteiger partial charge on any atom is 0.191 e. The van der Waals surface area contributed by atoms with Crippen LogP contribution >= 0.6 is 15.9 Å². The molecule has 0 amide bonds. The topological polar surface area (TPSA) is 39.7 Å². The highest BCUT2D eigenvalue weighted by Gasteiger charge is 2.25. The van der Waals surface area contributed by atoms with E-state index in [-0.39, 0.29) is 0 Å². The number of nitrogens with one attached hydrogen (secondary N) is 2. The number of nitrogens with zero attached hydrogens (tertiary/aromatic N) is 2. The van der Waals surface area contributed by atoms with E-state index >= 15 is 0 Å². The van der Waals surface area contributed by atoms with Gasteiger partial charge in [0.15, 0.2) is 5.96 Å². The van der Waals surface area contributed by atoms with Gasteiger partial charge in [-0.25, -0.2) is 0 Å². The minimum atomic E-state index is 0.472. The van der Waals surface area contributed by atoms with Crippen LogP contribution in [0.15, 0.2) is 33.7 Å². The van der Waals surface area contributed by atoms with Gasteiger partial charge in [-0.2, -0.15) is 0 Å². The number of hydrogen-bond acceptors (Lipinski definition) is 2. The molecule has 0 aromatic heterocycles. The van der Waals surface area contributed by atoms with Gasteiger partial charge < -0.3 is 15.5 Å². The Balaban J connectivity index is 1.52. The first kappa shape index (κ1) is 14.7. The third-order valence-corrected chi connectivity index (χ3v) is 4.92. The highest BCUT2D eigenvalue weighted by Crippen LogP contribution is 2.22. The van der Waals surface area contributed by atoms with Crippen molar-refractivity contribution in [3.8, 4) is 0 Å². The third-order valence-electron chi connectivity index (χ3n) is 4.39. The van der Waals surface area contributed by atoms with Gasteiger partial charge in [-0.05, 0) is 49.9 Å². The van der Waals surface area contributed by atoms with Crippen molar-refractivity contribution in [2.75, 3.05) is 25.0 Å². The van der Waals surface area contributed by atoms with Gasteiger partial charge in [0, 0.05) is 42.4 Å². The van der Waals surface area contributed by atoms with E-state index < -0.39 is 0 Å².